The fraction of sp³-hybridized carbons (Fsp3) is 0.600. The normalized spacial score (nSPS) is 24.7. The maximum Gasteiger partial charge on any atom is 0.165 e. The molecule has 4 heteroatoms. The summed E-state index contributed by atoms with van der Waals surface area (Å²) < 4.78 is 18.6. The van der Waals surface area contributed by atoms with Gasteiger partial charge in [-0.3, -0.25) is 0 Å². The van der Waals surface area contributed by atoms with Crippen molar-refractivity contribution in [3.8, 4) is 5.75 Å². The van der Waals surface area contributed by atoms with Crippen LogP contribution < -0.4 is 15.0 Å². The van der Waals surface area contributed by atoms with Crippen molar-refractivity contribution >= 4 is 5.69 Å². The molecule has 1 N–H and O–H groups in total. The number of halogens is 1. The van der Waals surface area contributed by atoms with E-state index in [-0.39, 0.29) is 5.82 Å². The highest BCUT2D eigenvalue weighted by molar-refractivity contribution is 5.51. The van der Waals surface area contributed by atoms with E-state index in [4.69, 9.17) is 4.74 Å². The molecular weight excluding hydrogens is 243 g/mol. The average molecular weight is 266 g/mol. The van der Waals surface area contributed by atoms with E-state index in [1.54, 1.807) is 6.07 Å². The first-order valence-electron chi connectivity index (χ1n) is 6.89. The van der Waals surface area contributed by atoms with Gasteiger partial charge in [-0.2, -0.15) is 0 Å². The third-order valence-electron chi connectivity index (χ3n) is 3.55. The van der Waals surface area contributed by atoms with E-state index in [1.165, 1.54) is 13.2 Å². The molecule has 1 aliphatic rings. The monoisotopic (exact) mass is 266 g/mol. The second-order valence-electron chi connectivity index (χ2n) is 5.59. The molecule has 1 aromatic carbocycles. The number of hydrogen-bond acceptors (Lipinski definition) is 3. The highest BCUT2D eigenvalue weighted by Gasteiger charge is 2.18. The summed E-state index contributed by atoms with van der Waals surface area (Å²) in [5.41, 5.74) is 1.04. The minimum Gasteiger partial charge on any atom is -0.494 e. The van der Waals surface area contributed by atoms with Gasteiger partial charge in [-0.05, 0) is 37.1 Å². The van der Waals surface area contributed by atoms with Gasteiger partial charge in [0.2, 0.25) is 0 Å². The molecule has 2 atom stereocenters. The summed E-state index contributed by atoms with van der Waals surface area (Å²) in [6.07, 6.45) is 0. The van der Waals surface area contributed by atoms with Gasteiger partial charge >= 0.3 is 0 Å². The molecule has 1 saturated heterocycles. The second-order valence-corrected chi connectivity index (χ2v) is 5.59. The number of rotatable bonds is 2. The van der Waals surface area contributed by atoms with Gasteiger partial charge in [-0.15, -0.1) is 0 Å². The number of nitrogens with zero attached hydrogens (tertiary/aromatic N) is 1. The molecule has 1 heterocycles. The molecule has 0 saturated carbocycles. The van der Waals surface area contributed by atoms with Crippen molar-refractivity contribution in [1.29, 1.82) is 0 Å². The number of anilines is 1. The number of ether oxygens (including phenoxy) is 1. The minimum absolute atomic E-state index is 0.305. The molecule has 0 aromatic heterocycles. The molecule has 0 spiro atoms. The molecule has 2 unspecified atom stereocenters. The van der Waals surface area contributed by atoms with Crippen molar-refractivity contribution in [3.63, 3.8) is 0 Å². The third-order valence-corrected chi connectivity index (χ3v) is 3.55. The molecule has 2 rings (SSSR count). The van der Waals surface area contributed by atoms with E-state index in [9.17, 15) is 4.39 Å². The molecule has 3 nitrogen and oxygen atoms in total. The summed E-state index contributed by atoms with van der Waals surface area (Å²) in [5, 5.41) is 3.48. The van der Waals surface area contributed by atoms with E-state index in [2.05, 4.69) is 24.1 Å². The van der Waals surface area contributed by atoms with Crippen molar-refractivity contribution in [3.05, 3.63) is 24.0 Å². The topological polar surface area (TPSA) is 24.5 Å². The molecule has 106 valence electrons. The van der Waals surface area contributed by atoms with Crippen LogP contribution in [-0.4, -0.2) is 33.3 Å². The predicted molar refractivity (Wildman–Crippen MR) is 76.4 cm³/mol. The van der Waals surface area contributed by atoms with E-state index < -0.39 is 0 Å². The Morgan fingerprint density at radius 1 is 1.21 bits per heavy atom. The van der Waals surface area contributed by atoms with Crippen LogP contribution in [-0.2, 0) is 0 Å². The van der Waals surface area contributed by atoms with Gasteiger partial charge in [0.25, 0.3) is 0 Å². The summed E-state index contributed by atoms with van der Waals surface area (Å²) in [4.78, 5) is 2.33. The van der Waals surface area contributed by atoms with Crippen molar-refractivity contribution in [2.75, 3.05) is 38.2 Å². The van der Waals surface area contributed by atoms with Crippen molar-refractivity contribution in [2.24, 2.45) is 11.8 Å². The predicted octanol–water partition coefficient (Wildman–Crippen LogP) is 2.52. The molecular formula is C15H23FN2O. The van der Waals surface area contributed by atoms with Gasteiger partial charge in [0.15, 0.2) is 11.6 Å². The maximum absolute atomic E-state index is 13.5. The summed E-state index contributed by atoms with van der Waals surface area (Å²) >= 11 is 0. The zero-order valence-corrected chi connectivity index (χ0v) is 11.9. The van der Waals surface area contributed by atoms with Gasteiger partial charge in [0.1, 0.15) is 0 Å². The fourth-order valence-corrected chi connectivity index (χ4v) is 2.59. The third kappa shape index (κ3) is 3.60. The van der Waals surface area contributed by atoms with Gasteiger partial charge in [-0.1, -0.05) is 13.8 Å². The highest BCUT2D eigenvalue weighted by Crippen LogP contribution is 2.26. The average Bonchev–Trinajstić information content (AvgIpc) is 2.36. The molecule has 0 amide bonds. The van der Waals surface area contributed by atoms with Crippen LogP contribution >= 0.6 is 0 Å². The van der Waals surface area contributed by atoms with Gasteiger partial charge in [0, 0.05) is 24.8 Å². The Hall–Kier alpha value is -1.29. The van der Waals surface area contributed by atoms with Crippen LogP contribution in [0.5, 0.6) is 5.75 Å². The van der Waals surface area contributed by atoms with Gasteiger partial charge < -0.3 is 15.0 Å². The largest absolute Gasteiger partial charge is 0.494 e. The van der Waals surface area contributed by atoms with Crippen LogP contribution in [0.1, 0.15) is 13.8 Å². The quantitative estimate of drug-likeness (QED) is 0.890. The Balaban J connectivity index is 2.21. The Kier molecular flexibility index (Phi) is 4.64. The number of methoxy groups -OCH3 is 1. The minimum atomic E-state index is -0.305. The highest BCUT2D eigenvalue weighted by atomic mass is 19.1. The lowest BCUT2D eigenvalue weighted by molar-refractivity contribution is 0.385. The molecule has 1 fully saturated rings. The van der Waals surface area contributed by atoms with Gasteiger partial charge in [-0.25, -0.2) is 4.39 Å². The van der Waals surface area contributed by atoms with E-state index >= 15 is 0 Å². The molecule has 0 aliphatic carbocycles. The standard InChI is InChI=1S/C15H23FN2O/c1-11-7-17-8-12(2)10-18(9-11)13-4-5-14(16)15(6-13)19-3/h4-6,11-12,17H,7-10H2,1-3H3. The van der Waals surface area contributed by atoms with Crippen LogP contribution in [0, 0.1) is 17.7 Å². The van der Waals surface area contributed by atoms with E-state index in [0.29, 0.717) is 17.6 Å². The number of benzene rings is 1. The number of nitrogens with one attached hydrogen (secondary N) is 1. The van der Waals surface area contributed by atoms with Crippen LogP contribution in [0.25, 0.3) is 0 Å². The summed E-state index contributed by atoms with van der Waals surface area (Å²) in [5.74, 6) is 1.16. The first-order valence-corrected chi connectivity index (χ1v) is 6.89. The zero-order valence-electron chi connectivity index (χ0n) is 11.9. The Labute approximate surface area is 114 Å². The van der Waals surface area contributed by atoms with E-state index in [0.717, 1.165) is 31.9 Å². The van der Waals surface area contributed by atoms with Crippen LogP contribution in [0.3, 0.4) is 0 Å². The van der Waals surface area contributed by atoms with E-state index in [1.807, 2.05) is 6.07 Å². The van der Waals surface area contributed by atoms with Crippen molar-refractivity contribution in [2.45, 2.75) is 13.8 Å². The molecule has 0 radical (unpaired) electrons. The van der Waals surface area contributed by atoms with Crippen molar-refractivity contribution < 1.29 is 9.13 Å². The Bertz CT molecular complexity index is 413. The first kappa shape index (κ1) is 14.1. The maximum atomic E-state index is 13.5. The Morgan fingerprint density at radius 3 is 2.42 bits per heavy atom. The lowest BCUT2D eigenvalue weighted by Gasteiger charge is -2.33. The fourth-order valence-electron chi connectivity index (χ4n) is 2.59. The zero-order chi connectivity index (χ0) is 13.8. The van der Waals surface area contributed by atoms with Crippen LogP contribution in [0.15, 0.2) is 18.2 Å². The molecule has 1 aliphatic heterocycles. The summed E-state index contributed by atoms with van der Waals surface area (Å²) in [6.45, 7) is 8.48. The lowest BCUT2D eigenvalue weighted by Crippen LogP contribution is -2.42. The lowest BCUT2D eigenvalue weighted by atomic mass is 10.0. The van der Waals surface area contributed by atoms with Crippen LogP contribution in [0.4, 0.5) is 10.1 Å². The number of hydrogen-bond donors (Lipinski definition) is 1. The van der Waals surface area contributed by atoms with Crippen molar-refractivity contribution in [1.82, 2.24) is 5.32 Å². The molecule has 1 aromatic rings. The second kappa shape index (κ2) is 6.24. The molecule has 19 heavy (non-hydrogen) atoms. The Morgan fingerprint density at radius 2 is 1.84 bits per heavy atom. The molecule has 0 bridgehead atoms. The SMILES string of the molecule is COc1cc(N2CC(C)CNCC(C)C2)ccc1F. The summed E-state index contributed by atoms with van der Waals surface area (Å²) in [6, 6.07) is 5.12. The smallest absolute Gasteiger partial charge is 0.165 e. The summed E-state index contributed by atoms with van der Waals surface area (Å²) in [7, 11) is 1.50. The van der Waals surface area contributed by atoms with Crippen LogP contribution in [0.2, 0.25) is 0 Å². The first-order chi connectivity index (χ1) is 9.10. The van der Waals surface area contributed by atoms with Gasteiger partial charge in [0.05, 0.1) is 7.11 Å².